The molecule has 0 bridgehead atoms. The van der Waals surface area contributed by atoms with Gasteiger partial charge >= 0.3 is 5.97 Å². The van der Waals surface area contributed by atoms with Gasteiger partial charge in [-0.15, -0.1) is 0 Å². The Bertz CT molecular complexity index is 466. The predicted octanol–water partition coefficient (Wildman–Crippen LogP) is 2.02. The van der Waals surface area contributed by atoms with Gasteiger partial charge in [0.15, 0.2) is 0 Å². The molecular formula is C11H12Cl2N2O3. The van der Waals surface area contributed by atoms with Crippen molar-refractivity contribution in [2.45, 2.75) is 6.92 Å². The molecule has 0 N–H and O–H groups in total. The van der Waals surface area contributed by atoms with Crippen molar-refractivity contribution in [2.24, 2.45) is 0 Å². The number of nitrogens with zero attached hydrogens (tertiary/aromatic N) is 2. The molecule has 0 aliphatic heterocycles. The number of likely N-dealkylation sites (N-methyl/N-ethyl adjacent to an activating group) is 1. The van der Waals surface area contributed by atoms with Crippen molar-refractivity contribution in [2.75, 3.05) is 20.2 Å². The molecule has 0 aromatic carbocycles. The number of pyridine rings is 1. The van der Waals surface area contributed by atoms with Crippen LogP contribution in [0.15, 0.2) is 12.3 Å². The first-order chi connectivity index (χ1) is 8.49. The zero-order chi connectivity index (χ0) is 13.7. The fraction of sp³-hybridized carbons (Fsp3) is 0.364. The number of rotatable bonds is 4. The van der Waals surface area contributed by atoms with Crippen LogP contribution in [-0.2, 0) is 9.53 Å². The summed E-state index contributed by atoms with van der Waals surface area (Å²) in [7, 11) is 1.26. The monoisotopic (exact) mass is 290 g/mol. The van der Waals surface area contributed by atoms with E-state index in [1.807, 2.05) is 0 Å². The predicted molar refractivity (Wildman–Crippen MR) is 67.9 cm³/mol. The fourth-order valence-corrected chi connectivity index (χ4v) is 1.64. The molecule has 1 aromatic heterocycles. The third kappa shape index (κ3) is 3.58. The first-order valence-corrected chi connectivity index (χ1v) is 5.92. The summed E-state index contributed by atoms with van der Waals surface area (Å²) in [6.07, 6.45) is 1.29. The first-order valence-electron chi connectivity index (χ1n) is 5.16. The van der Waals surface area contributed by atoms with Crippen molar-refractivity contribution in [1.29, 1.82) is 0 Å². The van der Waals surface area contributed by atoms with Gasteiger partial charge in [-0.3, -0.25) is 9.59 Å². The largest absolute Gasteiger partial charge is 0.468 e. The van der Waals surface area contributed by atoms with E-state index in [2.05, 4.69) is 9.72 Å². The molecule has 5 nitrogen and oxygen atoms in total. The Hall–Kier alpha value is -1.33. The van der Waals surface area contributed by atoms with Gasteiger partial charge in [0.05, 0.1) is 17.7 Å². The highest BCUT2D eigenvalue weighted by Gasteiger charge is 2.20. The zero-order valence-electron chi connectivity index (χ0n) is 9.94. The summed E-state index contributed by atoms with van der Waals surface area (Å²) in [6.45, 7) is 1.96. The summed E-state index contributed by atoms with van der Waals surface area (Å²) in [5.74, 6) is -0.890. The Labute approximate surface area is 115 Å². The number of carbonyl (C=O) groups excluding carboxylic acids is 2. The second kappa shape index (κ2) is 6.56. The van der Waals surface area contributed by atoms with E-state index in [-0.39, 0.29) is 22.3 Å². The average Bonchev–Trinajstić information content (AvgIpc) is 2.37. The molecule has 7 heteroatoms. The maximum atomic E-state index is 12.1. The van der Waals surface area contributed by atoms with Gasteiger partial charge in [0.25, 0.3) is 5.91 Å². The molecule has 0 aliphatic rings. The number of ether oxygens (including phenoxy) is 1. The maximum Gasteiger partial charge on any atom is 0.325 e. The molecule has 0 saturated carbocycles. The van der Waals surface area contributed by atoms with E-state index in [4.69, 9.17) is 23.2 Å². The van der Waals surface area contributed by atoms with Crippen molar-refractivity contribution in [3.05, 3.63) is 28.0 Å². The molecule has 0 unspecified atom stereocenters. The van der Waals surface area contributed by atoms with Gasteiger partial charge in [-0.05, 0) is 13.0 Å². The van der Waals surface area contributed by atoms with E-state index >= 15 is 0 Å². The molecule has 0 saturated heterocycles. The molecule has 0 fully saturated rings. The van der Waals surface area contributed by atoms with Crippen LogP contribution in [0.1, 0.15) is 17.3 Å². The summed E-state index contributed by atoms with van der Waals surface area (Å²) < 4.78 is 4.52. The van der Waals surface area contributed by atoms with Crippen LogP contribution < -0.4 is 0 Å². The number of esters is 1. The SMILES string of the molecule is CCN(CC(=O)OC)C(=O)c1cc(Cl)ncc1Cl. The van der Waals surface area contributed by atoms with Crippen LogP contribution in [0.5, 0.6) is 0 Å². The first kappa shape index (κ1) is 14.7. The lowest BCUT2D eigenvalue weighted by molar-refractivity contribution is -0.141. The highest BCUT2D eigenvalue weighted by Crippen LogP contribution is 2.19. The smallest absolute Gasteiger partial charge is 0.325 e. The van der Waals surface area contributed by atoms with Gasteiger partial charge in [-0.2, -0.15) is 0 Å². The lowest BCUT2D eigenvalue weighted by atomic mass is 10.2. The van der Waals surface area contributed by atoms with Gasteiger partial charge in [0.2, 0.25) is 0 Å². The van der Waals surface area contributed by atoms with Gasteiger partial charge in [-0.1, -0.05) is 23.2 Å². The van der Waals surface area contributed by atoms with Crippen LogP contribution >= 0.6 is 23.2 Å². The summed E-state index contributed by atoms with van der Waals surface area (Å²) in [5.41, 5.74) is 0.211. The van der Waals surface area contributed by atoms with Gasteiger partial charge in [0.1, 0.15) is 11.7 Å². The Morgan fingerprint density at radius 3 is 2.67 bits per heavy atom. The third-order valence-corrected chi connectivity index (χ3v) is 2.78. The molecule has 0 aliphatic carbocycles. The van der Waals surface area contributed by atoms with E-state index in [1.165, 1.54) is 24.3 Å². The van der Waals surface area contributed by atoms with Crippen molar-refractivity contribution < 1.29 is 14.3 Å². The second-order valence-corrected chi connectivity index (χ2v) is 4.18. The highest BCUT2D eigenvalue weighted by molar-refractivity contribution is 6.35. The molecule has 98 valence electrons. The Morgan fingerprint density at radius 1 is 1.44 bits per heavy atom. The lowest BCUT2D eigenvalue weighted by Gasteiger charge is -2.19. The van der Waals surface area contributed by atoms with Gasteiger partial charge < -0.3 is 9.64 Å². The lowest BCUT2D eigenvalue weighted by Crippen LogP contribution is -2.36. The molecule has 0 atom stereocenters. The molecule has 1 rings (SSSR count). The number of aromatic nitrogens is 1. The van der Waals surface area contributed by atoms with Crippen molar-refractivity contribution in [3.63, 3.8) is 0 Å². The maximum absolute atomic E-state index is 12.1. The summed E-state index contributed by atoms with van der Waals surface area (Å²) in [4.78, 5) is 28.4. The molecule has 0 spiro atoms. The highest BCUT2D eigenvalue weighted by atomic mass is 35.5. The van der Waals surface area contributed by atoms with Crippen LogP contribution in [0.3, 0.4) is 0 Å². The molecule has 0 radical (unpaired) electrons. The van der Waals surface area contributed by atoms with Crippen LogP contribution in [0.25, 0.3) is 0 Å². The van der Waals surface area contributed by atoms with E-state index in [1.54, 1.807) is 6.92 Å². The number of amides is 1. The van der Waals surface area contributed by atoms with Crippen LogP contribution in [-0.4, -0.2) is 42.0 Å². The molecule has 1 aromatic rings. The van der Waals surface area contributed by atoms with E-state index in [0.717, 1.165) is 0 Å². The minimum atomic E-state index is -0.499. The number of hydrogen-bond acceptors (Lipinski definition) is 4. The summed E-state index contributed by atoms with van der Waals surface area (Å²) in [5, 5.41) is 0.351. The molecular weight excluding hydrogens is 279 g/mol. The van der Waals surface area contributed by atoms with E-state index in [9.17, 15) is 9.59 Å². The topological polar surface area (TPSA) is 59.5 Å². The number of hydrogen-bond donors (Lipinski definition) is 0. The Morgan fingerprint density at radius 2 is 2.11 bits per heavy atom. The molecule has 18 heavy (non-hydrogen) atoms. The molecule has 1 amide bonds. The van der Waals surface area contributed by atoms with Crippen molar-refractivity contribution in [1.82, 2.24) is 9.88 Å². The van der Waals surface area contributed by atoms with Crippen molar-refractivity contribution >= 4 is 35.1 Å². The number of methoxy groups -OCH3 is 1. The molecule has 1 heterocycles. The average molecular weight is 291 g/mol. The minimum Gasteiger partial charge on any atom is -0.468 e. The second-order valence-electron chi connectivity index (χ2n) is 3.38. The van der Waals surface area contributed by atoms with E-state index < -0.39 is 11.9 Å². The van der Waals surface area contributed by atoms with Crippen LogP contribution in [0.4, 0.5) is 0 Å². The normalized spacial score (nSPS) is 10.0. The Kier molecular flexibility index (Phi) is 5.37. The van der Waals surface area contributed by atoms with Crippen molar-refractivity contribution in [3.8, 4) is 0 Å². The van der Waals surface area contributed by atoms with E-state index in [0.29, 0.717) is 6.54 Å². The van der Waals surface area contributed by atoms with Gasteiger partial charge in [0, 0.05) is 12.7 Å². The van der Waals surface area contributed by atoms with Gasteiger partial charge in [-0.25, -0.2) is 4.98 Å². The van der Waals surface area contributed by atoms with Crippen LogP contribution in [0, 0.1) is 0 Å². The Balaban J connectivity index is 2.96. The number of carbonyl (C=O) groups is 2. The zero-order valence-corrected chi connectivity index (χ0v) is 11.5. The minimum absolute atomic E-state index is 0.137. The van der Waals surface area contributed by atoms with Crippen LogP contribution in [0.2, 0.25) is 10.2 Å². The summed E-state index contributed by atoms with van der Waals surface area (Å²) in [6, 6.07) is 1.37. The standard InChI is InChI=1S/C11H12Cl2N2O3/c1-3-15(6-10(16)18-2)11(17)7-4-9(13)14-5-8(7)12/h4-5H,3,6H2,1-2H3. The fourth-order valence-electron chi connectivity index (χ4n) is 1.30. The number of halogens is 2. The third-order valence-electron chi connectivity index (χ3n) is 2.27. The quantitative estimate of drug-likeness (QED) is 0.629. The summed E-state index contributed by atoms with van der Waals surface area (Å²) >= 11 is 11.6.